The Morgan fingerprint density at radius 2 is 1.07 bits per heavy atom. The van der Waals surface area contributed by atoms with Gasteiger partial charge in [-0.15, -0.1) is 0 Å². The van der Waals surface area contributed by atoms with Gasteiger partial charge in [-0.1, -0.05) is 6.92 Å². The molecule has 0 aliphatic heterocycles. The lowest BCUT2D eigenvalue weighted by Gasteiger charge is -2.26. The first kappa shape index (κ1) is 12.5. The Bertz CT molecular complexity index is 229. The zero-order chi connectivity index (χ0) is 10.9. The highest BCUT2D eigenvalue weighted by atomic mass is 14.3. The molecule has 74 valence electrons. The van der Waals surface area contributed by atoms with E-state index in [1.165, 1.54) is 0 Å². The van der Waals surface area contributed by atoms with Crippen LogP contribution in [0.25, 0.3) is 0 Å². The molecule has 0 atom stereocenters. The minimum absolute atomic E-state index is 0.0127. The second-order valence-electron chi connectivity index (χ2n) is 3.79. The average molecular weight is 189 g/mol. The van der Waals surface area contributed by atoms with Gasteiger partial charge in [0.15, 0.2) is 0 Å². The van der Waals surface area contributed by atoms with Gasteiger partial charge in [0.2, 0.25) is 0 Å². The quantitative estimate of drug-likeness (QED) is 0.644. The van der Waals surface area contributed by atoms with E-state index in [4.69, 9.17) is 15.8 Å². The molecular formula is C11H15N3. The molecule has 0 amide bonds. The van der Waals surface area contributed by atoms with Crippen molar-refractivity contribution in [3.63, 3.8) is 0 Å². The van der Waals surface area contributed by atoms with Crippen LogP contribution in [0.5, 0.6) is 0 Å². The third kappa shape index (κ3) is 5.18. The Balaban J connectivity index is 4.13. The van der Waals surface area contributed by atoms with Gasteiger partial charge in [-0.05, 0) is 24.7 Å². The molecule has 0 aliphatic carbocycles. The van der Waals surface area contributed by atoms with Crippen molar-refractivity contribution >= 4 is 0 Å². The molecule has 0 fully saturated rings. The predicted octanol–water partition coefficient (Wildman–Crippen LogP) is 2.90. The van der Waals surface area contributed by atoms with Crippen molar-refractivity contribution in [3.8, 4) is 18.2 Å². The summed E-state index contributed by atoms with van der Waals surface area (Å²) in [5, 5.41) is 25.5. The van der Waals surface area contributed by atoms with Crippen LogP contribution in [0.3, 0.4) is 0 Å². The number of rotatable bonds is 6. The fourth-order valence-electron chi connectivity index (χ4n) is 1.45. The fraction of sp³-hybridized carbons (Fsp3) is 0.727. The Kier molecular flexibility index (Phi) is 6.17. The lowest BCUT2D eigenvalue weighted by atomic mass is 9.77. The van der Waals surface area contributed by atoms with Gasteiger partial charge < -0.3 is 0 Å². The van der Waals surface area contributed by atoms with Gasteiger partial charge in [-0.3, -0.25) is 0 Å². The first-order chi connectivity index (χ1) is 6.68. The summed E-state index contributed by atoms with van der Waals surface area (Å²) in [7, 11) is 0. The Morgan fingerprint density at radius 1 is 0.786 bits per heavy atom. The molecule has 0 aliphatic rings. The lowest BCUT2D eigenvalue weighted by Crippen LogP contribution is -2.15. The summed E-state index contributed by atoms with van der Waals surface area (Å²) in [4.78, 5) is 0. The van der Waals surface area contributed by atoms with Crippen LogP contribution in [-0.4, -0.2) is 0 Å². The Morgan fingerprint density at radius 3 is 1.29 bits per heavy atom. The van der Waals surface area contributed by atoms with E-state index in [1.807, 2.05) is 0 Å². The molecule has 0 aromatic heterocycles. The molecular weight excluding hydrogens is 174 g/mol. The van der Waals surface area contributed by atoms with Gasteiger partial charge in [-0.2, -0.15) is 15.8 Å². The summed E-state index contributed by atoms with van der Waals surface area (Å²) < 4.78 is 0. The molecule has 0 aromatic carbocycles. The van der Waals surface area contributed by atoms with E-state index < -0.39 is 0 Å². The number of nitrogens with zero attached hydrogens (tertiary/aromatic N) is 3. The monoisotopic (exact) mass is 189 g/mol. The van der Waals surface area contributed by atoms with Gasteiger partial charge in [0.1, 0.15) is 0 Å². The highest BCUT2D eigenvalue weighted by Crippen LogP contribution is 2.33. The van der Waals surface area contributed by atoms with Crippen molar-refractivity contribution in [2.24, 2.45) is 5.41 Å². The fourth-order valence-corrected chi connectivity index (χ4v) is 1.45. The van der Waals surface area contributed by atoms with Crippen LogP contribution in [0.2, 0.25) is 0 Å². The van der Waals surface area contributed by atoms with Crippen LogP contribution in [-0.2, 0) is 0 Å². The topological polar surface area (TPSA) is 71.4 Å². The molecule has 0 rings (SSSR count). The first-order valence-corrected chi connectivity index (χ1v) is 4.79. The Labute approximate surface area is 85.6 Å². The van der Waals surface area contributed by atoms with E-state index in [0.29, 0.717) is 19.3 Å². The summed E-state index contributed by atoms with van der Waals surface area (Å²) in [6, 6.07) is 6.33. The van der Waals surface area contributed by atoms with Gasteiger partial charge in [-0.25, -0.2) is 0 Å². The van der Waals surface area contributed by atoms with Crippen molar-refractivity contribution in [2.45, 2.75) is 45.4 Å². The van der Waals surface area contributed by atoms with Crippen molar-refractivity contribution in [1.82, 2.24) is 0 Å². The van der Waals surface area contributed by atoms with E-state index in [2.05, 4.69) is 25.1 Å². The summed E-state index contributed by atoms with van der Waals surface area (Å²) >= 11 is 0. The largest absolute Gasteiger partial charge is 0.198 e. The highest BCUT2D eigenvalue weighted by Gasteiger charge is 2.22. The number of hydrogen-bond donors (Lipinski definition) is 0. The normalized spacial score (nSPS) is 9.86. The minimum Gasteiger partial charge on any atom is -0.198 e. The smallest absolute Gasteiger partial charge is 0.0621 e. The van der Waals surface area contributed by atoms with Gasteiger partial charge in [0.05, 0.1) is 18.2 Å². The van der Waals surface area contributed by atoms with Crippen LogP contribution in [0, 0.1) is 39.4 Å². The standard InChI is InChI=1S/C11H15N3/c1-11(5-2-8-12,6-3-9-13)7-4-10-14/h2-7H2,1H3. The highest BCUT2D eigenvalue weighted by molar-refractivity contribution is 4.86. The van der Waals surface area contributed by atoms with Gasteiger partial charge in [0.25, 0.3) is 0 Å². The molecule has 0 N–H and O–H groups in total. The molecule has 14 heavy (non-hydrogen) atoms. The molecule has 0 spiro atoms. The molecule has 0 saturated heterocycles. The first-order valence-electron chi connectivity index (χ1n) is 4.79. The van der Waals surface area contributed by atoms with Crippen LogP contribution in [0.15, 0.2) is 0 Å². The zero-order valence-electron chi connectivity index (χ0n) is 8.58. The molecule has 0 unspecified atom stereocenters. The molecule has 0 bridgehead atoms. The Hall–Kier alpha value is -1.53. The lowest BCUT2D eigenvalue weighted by molar-refractivity contribution is 0.258. The SMILES string of the molecule is CC(CCC#N)(CCC#N)CCC#N. The molecule has 3 nitrogen and oxygen atoms in total. The number of nitriles is 3. The van der Waals surface area contributed by atoms with Gasteiger partial charge >= 0.3 is 0 Å². The van der Waals surface area contributed by atoms with E-state index in [1.54, 1.807) is 0 Å². The van der Waals surface area contributed by atoms with Crippen LogP contribution in [0.4, 0.5) is 0 Å². The summed E-state index contributed by atoms with van der Waals surface area (Å²) in [6.07, 6.45) is 3.88. The maximum Gasteiger partial charge on any atom is 0.0621 e. The van der Waals surface area contributed by atoms with Crippen molar-refractivity contribution in [3.05, 3.63) is 0 Å². The number of hydrogen-bond acceptors (Lipinski definition) is 3. The van der Waals surface area contributed by atoms with E-state index in [0.717, 1.165) is 19.3 Å². The second kappa shape index (κ2) is 6.93. The van der Waals surface area contributed by atoms with E-state index >= 15 is 0 Å². The van der Waals surface area contributed by atoms with E-state index in [9.17, 15) is 0 Å². The second-order valence-corrected chi connectivity index (χ2v) is 3.79. The molecule has 0 saturated carbocycles. The molecule has 0 aromatic rings. The summed E-state index contributed by atoms with van der Waals surface area (Å²) in [5.74, 6) is 0. The van der Waals surface area contributed by atoms with Crippen molar-refractivity contribution in [2.75, 3.05) is 0 Å². The van der Waals surface area contributed by atoms with Gasteiger partial charge in [0, 0.05) is 19.3 Å². The van der Waals surface area contributed by atoms with Crippen LogP contribution in [0.1, 0.15) is 45.4 Å². The van der Waals surface area contributed by atoms with Crippen molar-refractivity contribution in [1.29, 1.82) is 15.8 Å². The molecule has 0 radical (unpaired) electrons. The summed E-state index contributed by atoms with van der Waals surface area (Å²) in [6.45, 7) is 2.05. The average Bonchev–Trinajstić information content (AvgIpc) is 2.21. The maximum atomic E-state index is 8.50. The summed E-state index contributed by atoms with van der Waals surface area (Å²) in [5.41, 5.74) is -0.0127. The molecule has 3 heteroatoms. The maximum absolute atomic E-state index is 8.50. The van der Waals surface area contributed by atoms with Crippen molar-refractivity contribution < 1.29 is 0 Å². The van der Waals surface area contributed by atoms with E-state index in [-0.39, 0.29) is 5.41 Å². The third-order valence-corrected chi connectivity index (χ3v) is 2.52. The zero-order valence-corrected chi connectivity index (χ0v) is 8.58. The third-order valence-electron chi connectivity index (χ3n) is 2.52. The minimum atomic E-state index is -0.0127. The predicted molar refractivity (Wildman–Crippen MR) is 52.6 cm³/mol. The van der Waals surface area contributed by atoms with Crippen LogP contribution < -0.4 is 0 Å². The van der Waals surface area contributed by atoms with Crippen LogP contribution >= 0.6 is 0 Å². The molecule has 0 heterocycles.